The molecule has 1 aliphatic heterocycles. The predicted molar refractivity (Wildman–Crippen MR) is 133 cm³/mol. The van der Waals surface area contributed by atoms with Gasteiger partial charge in [-0.3, -0.25) is 14.4 Å². The summed E-state index contributed by atoms with van der Waals surface area (Å²) >= 11 is 0. The van der Waals surface area contributed by atoms with Gasteiger partial charge in [0.05, 0.1) is 25.4 Å². The van der Waals surface area contributed by atoms with Crippen LogP contribution < -0.4 is 20.7 Å². The number of rotatable bonds is 13. The van der Waals surface area contributed by atoms with E-state index in [2.05, 4.69) is 15.2 Å². The van der Waals surface area contributed by atoms with Gasteiger partial charge in [0.25, 0.3) is 0 Å². The first-order valence-electron chi connectivity index (χ1n) is 11.6. The Bertz CT molecular complexity index is 1050. The third kappa shape index (κ3) is 8.68. The first-order chi connectivity index (χ1) is 17.1. The Labute approximate surface area is 210 Å². The number of hydrogen-bond donors (Lipinski definition) is 4. The average Bonchev–Trinajstić information content (AvgIpc) is 2.86. The number of carbonyl (C=O) groups is 3. The smallest absolute Gasteiger partial charge is 0.325 e. The quantitative estimate of drug-likeness (QED) is 0.0840. The Morgan fingerprint density at radius 1 is 1.22 bits per heavy atom. The number of piperazine rings is 1. The molecule has 13 nitrogen and oxygen atoms in total. The summed E-state index contributed by atoms with van der Waals surface area (Å²) in [6, 6.07) is 5.58. The zero-order valence-electron chi connectivity index (χ0n) is 20.5. The van der Waals surface area contributed by atoms with Crippen molar-refractivity contribution in [1.82, 2.24) is 14.9 Å². The molecule has 0 radical (unpaired) electrons. The molecule has 0 bridgehead atoms. The number of sulfonamides is 1. The highest BCUT2D eigenvalue weighted by atomic mass is 32.2. The first kappa shape index (κ1) is 28.8. The van der Waals surface area contributed by atoms with E-state index in [0.717, 1.165) is 5.69 Å². The van der Waals surface area contributed by atoms with Crippen LogP contribution in [-0.4, -0.2) is 93.3 Å². The van der Waals surface area contributed by atoms with Crippen LogP contribution in [0.1, 0.15) is 32.3 Å². The monoisotopic (exact) mass is 526 g/mol. The fraction of sp³-hybridized carbons (Fsp3) is 0.545. The van der Waals surface area contributed by atoms with Crippen molar-refractivity contribution in [3.8, 4) is 0 Å². The lowest BCUT2D eigenvalue weighted by molar-refractivity contribution is -0.145. The van der Waals surface area contributed by atoms with Crippen molar-refractivity contribution in [2.45, 2.75) is 32.7 Å². The molecule has 1 unspecified atom stereocenters. The van der Waals surface area contributed by atoms with Gasteiger partial charge in [0.2, 0.25) is 21.8 Å². The van der Waals surface area contributed by atoms with E-state index in [-0.39, 0.29) is 43.7 Å². The van der Waals surface area contributed by atoms with E-state index in [4.69, 9.17) is 15.7 Å². The molecule has 1 atom stereocenters. The predicted octanol–water partition coefficient (Wildman–Crippen LogP) is -0.803. The van der Waals surface area contributed by atoms with Gasteiger partial charge in [-0.15, -0.1) is 0 Å². The average molecular weight is 527 g/mol. The van der Waals surface area contributed by atoms with Gasteiger partial charge in [0.15, 0.2) is 5.84 Å². The highest BCUT2D eigenvalue weighted by Crippen LogP contribution is 2.18. The van der Waals surface area contributed by atoms with Gasteiger partial charge in [-0.05, 0) is 37.6 Å². The third-order valence-corrected chi connectivity index (χ3v) is 6.92. The van der Waals surface area contributed by atoms with Crippen LogP contribution in [0.15, 0.2) is 29.4 Å². The van der Waals surface area contributed by atoms with Gasteiger partial charge in [-0.25, -0.2) is 8.42 Å². The number of nitrogens with one attached hydrogen (secondary N) is 2. The third-order valence-electron chi connectivity index (χ3n) is 5.45. The van der Waals surface area contributed by atoms with Crippen LogP contribution in [0.25, 0.3) is 0 Å². The van der Waals surface area contributed by atoms with Crippen molar-refractivity contribution in [3.63, 3.8) is 0 Å². The van der Waals surface area contributed by atoms with Gasteiger partial charge < -0.3 is 30.8 Å². The molecule has 0 aliphatic carbocycles. The molecule has 1 fully saturated rings. The zero-order chi connectivity index (χ0) is 26.7. The maximum atomic E-state index is 12.6. The number of benzene rings is 1. The summed E-state index contributed by atoms with van der Waals surface area (Å²) < 4.78 is 31.6. The van der Waals surface area contributed by atoms with Crippen molar-refractivity contribution in [2.75, 3.05) is 50.0 Å². The van der Waals surface area contributed by atoms with Crippen LogP contribution in [0, 0.1) is 0 Å². The summed E-state index contributed by atoms with van der Waals surface area (Å²) in [5, 5.41) is 14.2. The number of amidine groups is 1. The second-order valence-corrected chi connectivity index (χ2v) is 10.0. The minimum atomic E-state index is -3.73. The van der Waals surface area contributed by atoms with E-state index in [1.165, 1.54) is 4.90 Å². The Morgan fingerprint density at radius 2 is 1.92 bits per heavy atom. The first-order valence-corrected chi connectivity index (χ1v) is 13.3. The number of nitrogens with two attached hydrogens (primary N) is 1. The van der Waals surface area contributed by atoms with Gasteiger partial charge >= 0.3 is 5.97 Å². The van der Waals surface area contributed by atoms with E-state index in [0.29, 0.717) is 31.5 Å². The number of oxime groups is 1. The van der Waals surface area contributed by atoms with E-state index in [9.17, 15) is 22.8 Å². The molecular weight excluding hydrogens is 492 g/mol. The molecule has 200 valence electrons. The van der Waals surface area contributed by atoms with Gasteiger partial charge in [-0.2, -0.15) is 4.72 Å². The molecule has 36 heavy (non-hydrogen) atoms. The Balaban J connectivity index is 1.90. The molecule has 14 heteroatoms. The van der Waals surface area contributed by atoms with E-state index < -0.39 is 27.9 Å². The SMILES string of the molecule is CCCCS(=O)(=O)NC(CNC(=O)CN1CCN(c2ccc(/C(N)=N\O)cc2)CC1=O)C(=O)OCC. The van der Waals surface area contributed by atoms with E-state index in [1.54, 1.807) is 31.2 Å². The molecule has 0 spiro atoms. The van der Waals surface area contributed by atoms with Gasteiger partial charge in [0.1, 0.15) is 6.04 Å². The van der Waals surface area contributed by atoms with Gasteiger partial charge in [-0.1, -0.05) is 18.5 Å². The molecule has 1 aromatic rings. The minimum Gasteiger partial charge on any atom is -0.465 e. The molecule has 1 aliphatic rings. The maximum Gasteiger partial charge on any atom is 0.325 e. The summed E-state index contributed by atoms with van der Waals surface area (Å²) in [6.45, 7) is 3.79. The number of esters is 1. The number of amides is 2. The number of anilines is 1. The summed E-state index contributed by atoms with van der Waals surface area (Å²) in [4.78, 5) is 40.5. The fourth-order valence-electron chi connectivity index (χ4n) is 3.47. The highest BCUT2D eigenvalue weighted by molar-refractivity contribution is 7.89. The van der Waals surface area contributed by atoms with Crippen LogP contribution in [0.4, 0.5) is 5.69 Å². The largest absolute Gasteiger partial charge is 0.465 e. The maximum absolute atomic E-state index is 12.6. The molecule has 0 aromatic heterocycles. The van der Waals surface area contributed by atoms with Crippen LogP contribution in [-0.2, 0) is 29.1 Å². The van der Waals surface area contributed by atoms with Crippen LogP contribution in [0.5, 0.6) is 0 Å². The van der Waals surface area contributed by atoms with E-state index in [1.807, 2.05) is 11.8 Å². The molecule has 0 saturated carbocycles. The van der Waals surface area contributed by atoms with Crippen molar-refractivity contribution in [2.24, 2.45) is 10.9 Å². The van der Waals surface area contributed by atoms with Crippen LogP contribution >= 0.6 is 0 Å². The lowest BCUT2D eigenvalue weighted by Crippen LogP contribution is -2.54. The molecular formula is C22H34N6O7S. The Hall–Kier alpha value is -3.39. The van der Waals surface area contributed by atoms with Crippen LogP contribution in [0.3, 0.4) is 0 Å². The van der Waals surface area contributed by atoms with Crippen molar-refractivity contribution >= 4 is 39.3 Å². The second-order valence-electron chi connectivity index (χ2n) is 8.17. The second kappa shape index (κ2) is 13.6. The van der Waals surface area contributed by atoms with Crippen LogP contribution in [0.2, 0.25) is 0 Å². The lowest BCUT2D eigenvalue weighted by Gasteiger charge is -2.35. The highest BCUT2D eigenvalue weighted by Gasteiger charge is 2.28. The number of nitrogens with zero attached hydrogens (tertiary/aromatic N) is 3. The summed E-state index contributed by atoms with van der Waals surface area (Å²) in [7, 11) is -3.73. The van der Waals surface area contributed by atoms with Crippen molar-refractivity contribution < 1.29 is 32.7 Å². The Morgan fingerprint density at radius 3 is 2.50 bits per heavy atom. The normalized spacial score (nSPS) is 15.5. The standard InChI is InChI=1S/C22H34N6O7S/c1-3-5-12-36(33,34)26-18(22(31)35-4-2)13-24-19(29)14-28-11-10-27(15-20(28)30)17-8-6-16(7-9-17)21(23)25-32/h6-9,18,26,32H,3-5,10-15H2,1-2H3,(H2,23,25)(H,24,29). The van der Waals surface area contributed by atoms with E-state index >= 15 is 0 Å². The zero-order valence-corrected chi connectivity index (χ0v) is 21.3. The number of carbonyl (C=O) groups excluding carboxylic acids is 3. The molecule has 2 amide bonds. The molecule has 1 aromatic carbocycles. The fourth-order valence-corrected chi connectivity index (χ4v) is 4.87. The van der Waals surface area contributed by atoms with Gasteiger partial charge in [0, 0.05) is 30.9 Å². The molecule has 2 rings (SSSR count). The lowest BCUT2D eigenvalue weighted by atomic mass is 10.1. The minimum absolute atomic E-state index is 0.0209. The molecule has 5 N–H and O–H groups in total. The number of ether oxygens (including phenoxy) is 1. The molecule has 1 saturated heterocycles. The molecule has 1 heterocycles. The number of hydrogen-bond acceptors (Lipinski definition) is 9. The number of unbranched alkanes of at least 4 members (excludes halogenated alkanes) is 1. The summed E-state index contributed by atoms with van der Waals surface area (Å²) in [5.74, 6) is -1.74. The topological polar surface area (TPSA) is 184 Å². The Kier molecular flexibility index (Phi) is 10.9. The van der Waals surface area contributed by atoms with Crippen molar-refractivity contribution in [3.05, 3.63) is 29.8 Å². The summed E-state index contributed by atoms with van der Waals surface area (Å²) in [6.07, 6.45) is 1.10. The van der Waals surface area contributed by atoms with Crippen molar-refractivity contribution in [1.29, 1.82) is 0 Å². The summed E-state index contributed by atoms with van der Waals surface area (Å²) in [5.41, 5.74) is 6.87.